The van der Waals surface area contributed by atoms with Gasteiger partial charge in [-0.05, 0) is 43.0 Å². The van der Waals surface area contributed by atoms with Gasteiger partial charge in [-0.15, -0.1) is 0 Å². The van der Waals surface area contributed by atoms with Gasteiger partial charge in [-0.25, -0.2) is 0 Å². The fraction of sp³-hybridized carbons (Fsp3) is 0.625. The Morgan fingerprint density at radius 2 is 2.00 bits per heavy atom. The lowest BCUT2D eigenvalue weighted by atomic mass is 9.95. The van der Waals surface area contributed by atoms with Crippen LogP contribution in [0.2, 0.25) is 10.0 Å². The molecule has 2 rings (SSSR count). The zero-order valence-corrected chi connectivity index (χ0v) is 13.8. The minimum Gasteiger partial charge on any atom is -0.326 e. The summed E-state index contributed by atoms with van der Waals surface area (Å²) in [6, 6.07) is 6.33. The average Bonchev–Trinajstić information content (AvgIpc) is 2.54. The molecule has 2 nitrogen and oxygen atoms in total. The van der Waals surface area contributed by atoms with Crippen molar-refractivity contribution in [1.29, 1.82) is 0 Å². The van der Waals surface area contributed by atoms with Gasteiger partial charge in [0, 0.05) is 18.6 Å². The first-order chi connectivity index (χ1) is 9.49. The molecule has 4 heteroatoms. The maximum atomic E-state index is 6.45. The molecule has 0 bridgehead atoms. The lowest BCUT2D eigenvalue weighted by Crippen LogP contribution is -2.41. The summed E-state index contributed by atoms with van der Waals surface area (Å²) in [4.78, 5) is 2.52. The van der Waals surface area contributed by atoms with Crippen molar-refractivity contribution in [1.82, 2.24) is 4.90 Å². The van der Waals surface area contributed by atoms with Crippen LogP contribution in [-0.2, 0) is 0 Å². The Morgan fingerprint density at radius 1 is 1.25 bits per heavy atom. The van der Waals surface area contributed by atoms with Gasteiger partial charge >= 0.3 is 0 Å². The fourth-order valence-corrected chi connectivity index (χ4v) is 3.40. The quantitative estimate of drug-likeness (QED) is 0.889. The van der Waals surface area contributed by atoms with Crippen LogP contribution in [0.25, 0.3) is 0 Å². The van der Waals surface area contributed by atoms with Crippen molar-refractivity contribution >= 4 is 23.2 Å². The number of halogens is 2. The Hall–Kier alpha value is -0.280. The van der Waals surface area contributed by atoms with E-state index in [-0.39, 0.29) is 12.1 Å². The Morgan fingerprint density at radius 3 is 2.65 bits per heavy atom. The summed E-state index contributed by atoms with van der Waals surface area (Å²) in [6.45, 7) is 6.68. The predicted molar refractivity (Wildman–Crippen MR) is 87.4 cm³/mol. The summed E-state index contributed by atoms with van der Waals surface area (Å²) in [5.41, 5.74) is 7.64. The molecule has 0 aromatic heterocycles. The summed E-state index contributed by atoms with van der Waals surface area (Å²) < 4.78 is 0. The average molecular weight is 315 g/mol. The van der Waals surface area contributed by atoms with Gasteiger partial charge in [-0.3, -0.25) is 4.90 Å². The van der Waals surface area contributed by atoms with E-state index in [1.54, 1.807) is 0 Å². The van der Waals surface area contributed by atoms with E-state index in [4.69, 9.17) is 28.9 Å². The van der Waals surface area contributed by atoms with Gasteiger partial charge in [0.15, 0.2) is 0 Å². The van der Waals surface area contributed by atoms with Crippen molar-refractivity contribution in [2.45, 2.75) is 45.2 Å². The molecule has 20 heavy (non-hydrogen) atoms. The maximum Gasteiger partial charge on any atom is 0.0595 e. The van der Waals surface area contributed by atoms with E-state index in [2.05, 4.69) is 24.8 Å². The molecule has 2 N–H and O–H groups in total. The summed E-state index contributed by atoms with van der Waals surface area (Å²) >= 11 is 12.2. The smallest absolute Gasteiger partial charge is 0.0595 e. The monoisotopic (exact) mass is 314 g/mol. The molecule has 0 saturated carbocycles. The van der Waals surface area contributed by atoms with Gasteiger partial charge in [0.2, 0.25) is 0 Å². The minimum atomic E-state index is 0.161. The molecule has 2 atom stereocenters. The molecule has 1 heterocycles. The summed E-state index contributed by atoms with van der Waals surface area (Å²) in [7, 11) is 0. The minimum absolute atomic E-state index is 0.161. The number of likely N-dealkylation sites (tertiary alicyclic amines) is 1. The molecule has 1 aliphatic rings. The topological polar surface area (TPSA) is 29.3 Å². The van der Waals surface area contributed by atoms with Crippen LogP contribution in [0.1, 0.15) is 44.7 Å². The van der Waals surface area contributed by atoms with Crippen molar-refractivity contribution in [3.8, 4) is 0 Å². The van der Waals surface area contributed by atoms with E-state index < -0.39 is 0 Å². The van der Waals surface area contributed by atoms with Gasteiger partial charge in [-0.1, -0.05) is 49.5 Å². The molecular formula is C16H24Cl2N2. The molecule has 2 unspecified atom stereocenters. The number of rotatable bonds is 3. The summed E-state index contributed by atoms with van der Waals surface area (Å²) in [6.07, 6.45) is 3.49. The molecule has 0 spiro atoms. The van der Waals surface area contributed by atoms with E-state index >= 15 is 0 Å². The van der Waals surface area contributed by atoms with Gasteiger partial charge in [0.05, 0.1) is 10.0 Å². The third kappa shape index (κ3) is 3.88. The molecule has 0 radical (unpaired) electrons. The summed E-state index contributed by atoms with van der Waals surface area (Å²) in [5, 5.41) is 1.22. The van der Waals surface area contributed by atoms with Crippen LogP contribution < -0.4 is 5.73 Å². The molecule has 1 aromatic carbocycles. The van der Waals surface area contributed by atoms with Crippen LogP contribution >= 0.6 is 23.2 Å². The maximum absolute atomic E-state index is 6.45. The standard InChI is InChI=1S/C16H24Cl2N2/c1-11(2)10-20-8-4-3-5-15(19)16(20)12-6-7-13(17)14(18)9-12/h6-7,9,11,15-16H,3-5,8,10,19H2,1-2H3. The van der Waals surface area contributed by atoms with E-state index in [0.29, 0.717) is 16.0 Å². The highest BCUT2D eigenvalue weighted by Gasteiger charge is 2.29. The molecule has 0 amide bonds. The number of benzene rings is 1. The van der Waals surface area contributed by atoms with Crippen LogP contribution in [0.4, 0.5) is 0 Å². The van der Waals surface area contributed by atoms with Gasteiger partial charge in [-0.2, -0.15) is 0 Å². The first-order valence-electron chi connectivity index (χ1n) is 7.43. The van der Waals surface area contributed by atoms with Crippen LogP contribution in [0.3, 0.4) is 0 Å². The second-order valence-corrected chi connectivity index (χ2v) is 6.98. The Balaban J connectivity index is 2.31. The van der Waals surface area contributed by atoms with Crippen molar-refractivity contribution in [2.75, 3.05) is 13.1 Å². The van der Waals surface area contributed by atoms with Gasteiger partial charge in [0.25, 0.3) is 0 Å². The number of nitrogens with two attached hydrogens (primary N) is 1. The normalized spacial score (nSPS) is 24.9. The second kappa shape index (κ2) is 7.13. The molecule has 1 aromatic rings. The van der Waals surface area contributed by atoms with Crippen LogP contribution in [-0.4, -0.2) is 24.0 Å². The van der Waals surface area contributed by atoms with E-state index in [9.17, 15) is 0 Å². The van der Waals surface area contributed by atoms with Crippen LogP contribution in [0.15, 0.2) is 18.2 Å². The lowest BCUT2D eigenvalue weighted by Gasteiger charge is -2.35. The fourth-order valence-electron chi connectivity index (χ4n) is 3.09. The highest BCUT2D eigenvalue weighted by molar-refractivity contribution is 6.42. The largest absolute Gasteiger partial charge is 0.326 e. The number of hydrogen-bond donors (Lipinski definition) is 1. The van der Waals surface area contributed by atoms with E-state index in [1.165, 1.54) is 18.4 Å². The summed E-state index contributed by atoms with van der Waals surface area (Å²) in [5.74, 6) is 0.630. The third-order valence-electron chi connectivity index (χ3n) is 3.92. The molecule has 0 aliphatic carbocycles. The van der Waals surface area contributed by atoms with E-state index in [1.807, 2.05) is 12.1 Å². The first-order valence-corrected chi connectivity index (χ1v) is 8.19. The van der Waals surface area contributed by atoms with Crippen LogP contribution in [0.5, 0.6) is 0 Å². The van der Waals surface area contributed by atoms with Crippen molar-refractivity contribution in [3.63, 3.8) is 0 Å². The van der Waals surface area contributed by atoms with Crippen molar-refractivity contribution < 1.29 is 0 Å². The van der Waals surface area contributed by atoms with Gasteiger partial charge in [0.1, 0.15) is 0 Å². The SMILES string of the molecule is CC(C)CN1CCCCC(N)C1c1ccc(Cl)c(Cl)c1. The van der Waals surface area contributed by atoms with E-state index in [0.717, 1.165) is 19.5 Å². The lowest BCUT2D eigenvalue weighted by molar-refractivity contribution is 0.165. The third-order valence-corrected chi connectivity index (χ3v) is 4.66. The molecule has 112 valence electrons. The Labute approximate surface area is 132 Å². The zero-order valence-electron chi connectivity index (χ0n) is 12.3. The zero-order chi connectivity index (χ0) is 14.7. The number of nitrogens with zero attached hydrogens (tertiary/aromatic N) is 1. The second-order valence-electron chi connectivity index (χ2n) is 6.17. The molecule has 1 aliphatic heterocycles. The predicted octanol–water partition coefficient (Wildman–Crippen LogP) is 4.50. The molecule has 1 saturated heterocycles. The highest BCUT2D eigenvalue weighted by atomic mass is 35.5. The van der Waals surface area contributed by atoms with Crippen molar-refractivity contribution in [3.05, 3.63) is 33.8 Å². The Kier molecular flexibility index (Phi) is 5.74. The van der Waals surface area contributed by atoms with Gasteiger partial charge < -0.3 is 5.73 Å². The van der Waals surface area contributed by atoms with Crippen LogP contribution in [0, 0.1) is 5.92 Å². The number of hydrogen-bond acceptors (Lipinski definition) is 2. The Bertz CT molecular complexity index is 448. The molecular weight excluding hydrogens is 291 g/mol. The first kappa shape index (κ1) is 16.1. The highest BCUT2D eigenvalue weighted by Crippen LogP contribution is 2.33. The van der Waals surface area contributed by atoms with Crippen molar-refractivity contribution in [2.24, 2.45) is 11.7 Å². The molecule has 1 fully saturated rings.